The molecule has 0 spiro atoms. The van der Waals surface area contributed by atoms with Gasteiger partial charge in [0.1, 0.15) is 5.60 Å². The van der Waals surface area contributed by atoms with Crippen LogP contribution in [0.25, 0.3) is 0 Å². The zero-order chi connectivity index (χ0) is 9.69. The maximum atomic E-state index is 10.4. The van der Waals surface area contributed by atoms with Gasteiger partial charge in [0.2, 0.25) is 0 Å². The first-order valence-corrected chi connectivity index (χ1v) is 5.69. The van der Waals surface area contributed by atoms with Crippen molar-refractivity contribution in [3.63, 3.8) is 0 Å². The molecule has 0 radical (unpaired) electrons. The Hall–Kier alpha value is -0.0500. The Balaban J connectivity index is 2.40. The number of hydrogen-bond acceptors (Lipinski definition) is 2. The summed E-state index contributed by atoms with van der Waals surface area (Å²) < 4.78 is 0. The van der Waals surface area contributed by atoms with Crippen LogP contribution >= 0.6 is 22.9 Å². The summed E-state index contributed by atoms with van der Waals surface area (Å²) in [6.07, 6.45) is 2.18. The molecule has 1 N–H and O–H groups in total. The predicted octanol–water partition coefficient (Wildman–Crippen LogP) is 3.41. The van der Waals surface area contributed by atoms with Crippen LogP contribution in [0.15, 0.2) is 11.4 Å². The van der Waals surface area contributed by atoms with Crippen LogP contribution in [-0.4, -0.2) is 5.11 Å². The van der Waals surface area contributed by atoms with Crippen LogP contribution in [0.3, 0.4) is 0 Å². The van der Waals surface area contributed by atoms with E-state index in [0.29, 0.717) is 5.02 Å². The Kier molecular flexibility index (Phi) is 1.99. The van der Waals surface area contributed by atoms with Gasteiger partial charge in [-0.2, -0.15) is 0 Å². The Morgan fingerprint density at radius 3 is 2.62 bits per heavy atom. The zero-order valence-corrected chi connectivity index (χ0v) is 9.37. The topological polar surface area (TPSA) is 20.2 Å². The van der Waals surface area contributed by atoms with Gasteiger partial charge < -0.3 is 5.11 Å². The van der Waals surface area contributed by atoms with Crippen molar-refractivity contribution in [2.75, 3.05) is 0 Å². The SMILES string of the molecule is CC1(C(C)(O)c2sccc2Cl)CC1. The second-order valence-corrected chi connectivity index (χ2v) is 5.55. The van der Waals surface area contributed by atoms with E-state index in [4.69, 9.17) is 11.6 Å². The van der Waals surface area contributed by atoms with Gasteiger partial charge in [0.05, 0.1) is 9.90 Å². The lowest BCUT2D eigenvalue weighted by Gasteiger charge is -2.29. The first-order valence-electron chi connectivity index (χ1n) is 4.43. The fourth-order valence-corrected chi connectivity index (χ4v) is 3.04. The summed E-state index contributed by atoms with van der Waals surface area (Å²) >= 11 is 7.55. The van der Waals surface area contributed by atoms with E-state index in [9.17, 15) is 5.11 Å². The van der Waals surface area contributed by atoms with Crippen LogP contribution in [0.4, 0.5) is 0 Å². The second kappa shape index (κ2) is 2.72. The second-order valence-electron chi connectivity index (χ2n) is 4.23. The van der Waals surface area contributed by atoms with Crippen LogP contribution in [0.1, 0.15) is 31.6 Å². The number of halogens is 1. The fourth-order valence-electron chi connectivity index (χ4n) is 1.59. The monoisotopic (exact) mass is 216 g/mol. The lowest BCUT2D eigenvalue weighted by atomic mass is 9.86. The number of thiophene rings is 1. The highest BCUT2D eigenvalue weighted by Crippen LogP contribution is 2.59. The molecule has 1 fully saturated rings. The molecule has 1 aromatic heterocycles. The third kappa shape index (κ3) is 1.32. The molecule has 1 aromatic rings. The average Bonchev–Trinajstić information content (AvgIpc) is 2.63. The summed E-state index contributed by atoms with van der Waals surface area (Å²) in [5.41, 5.74) is -0.709. The summed E-state index contributed by atoms with van der Waals surface area (Å²) in [4.78, 5) is 0.911. The normalized spacial score (nSPS) is 24.0. The predicted molar refractivity (Wildman–Crippen MR) is 56.2 cm³/mol. The molecule has 1 atom stereocenters. The van der Waals surface area contributed by atoms with E-state index < -0.39 is 5.60 Å². The average molecular weight is 217 g/mol. The molecule has 0 saturated heterocycles. The van der Waals surface area contributed by atoms with E-state index in [1.807, 2.05) is 18.4 Å². The molecular weight excluding hydrogens is 204 g/mol. The van der Waals surface area contributed by atoms with Gasteiger partial charge in [0.15, 0.2) is 0 Å². The molecule has 72 valence electrons. The summed E-state index contributed by atoms with van der Waals surface area (Å²) in [5, 5.41) is 13.0. The van der Waals surface area contributed by atoms with Crippen molar-refractivity contribution in [3.05, 3.63) is 21.3 Å². The molecule has 2 rings (SSSR count). The van der Waals surface area contributed by atoms with Crippen molar-refractivity contribution < 1.29 is 5.11 Å². The van der Waals surface area contributed by atoms with Crippen LogP contribution in [0.5, 0.6) is 0 Å². The van der Waals surface area contributed by atoms with Gasteiger partial charge in [0, 0.05) is 5.41 Å². The van der Waals surface area contributed by atoms with Crippen molar-refractivity contribution >= 4 is 22.9 Å². The van der Waals surface area contributed by atoms with Gasteiger partial charge in [-0.3, -0.25) is 0 Å². The number of aliphatic hydroxyl groups is 1. The van der Waals surface area contributed by atoms with Crippen molar-refractivity contribution in [1.29, 1.82) is 0 Å². The summed E-state index contributed by atoms with van der Waals surface area (Å²) in [6, 6.07) is 1.85. The van der Waals surface area contributed by atoms with E-state index in [2.05, 4.69) is 6.92 Å². The van der Waals surface area contributed by atoms with Crippen molar-refractivity contribution in [1.82, 2.24) is 0 Å². The van der Waals surface area contributed by atoms with E-state index in [0.717, 1.165) is 17.7 Å². The quantitative estimate of drug-likeness (QED) is 0.804. The summed E-state index contributed by atoms with van der Waals surface area (Å²) in [5.74, 6) is 0. The maximum absolute atomic E-state index is 10.4. The van der Waals surface area contributed by atoms with Crippen molar-refractivity contribution in [2.24, 2.45) is 5.41 Å². The summed E-state index contributed by atoms with van der Waals surface area (Å²) in [7, 11) is 0. The van der Waals surface area contributed by atoms with Gasteiger partial charge in [-0.25, -0.2) is 0 Å². The third-order valence-corrected chi connectivity index (χ3v) is 4.79. The molecule has 3 heteroatoms. The van der Waals surface area contributed by atoms with E-state index in [1.165, 1.54) is 0 Å². The molecule has 0 aliphatic heterocycles. The van der Waals surface area contributed by atoms with Gasteiger partial charge in [-0.1, -0.05) is 18.5 Å². The minimum atomic E-state index is -0.752. The molecule has 0 amide bonds. The number of rotatable bonds is 2. The largest absolute Gasteiger partial charge is 0.384 e. The molecule has 1 aliphatic rings. The van der Waals surface area contributed by atoms with Gasteiger partial charge >= 0.3 is 0 Å². The Labute approximate surface area is 87.4 Å². The minimum Gasteiger partial charge on any atom is -0.384 e. The van der Waals surface area contributed by atoms with Gasteiger partial charge in [-0.15, -0.1) is 11.3 Å². The maximum Gasteiger partial charge on any atom is 0.103 e. The highest BCUT2D eigenvalue weighted by Gasteiger charge is 2.54. The molecule has 1 aliphatic carbocycles. The van der Waals surface area contributed by atoms with Crippen LogP contribution in [0.2, 0.25) is 5.02 Å². The molecule has 1 saturated carbocycles. The Morgan fingerprint density at radius 1 is 1.62 bits per heavy atom. The summed E-state index contributed by atoms with van der Waals surface area (Å²) in [6.45, 7) is 3.99. The first kappa shape index (κ1) is 9.50. The molecule has 1 nitrogen and oxygen atoms in total. The van der Waals surface area contributed by atoms with Crippen LogP contribution in [-0.2, 0) is 5.60 Å². The molecule has 13 heavy (non-hydrogen) atoms. The number of hydrogen-bond donors (Lipinski definition) is 1. The molecule has 0 bridgehead atoms. The van der Waals surface area contributed by atoms with Gasteiger partial charge in [0.25, 0.3) is 0 Å². The first-order chi connectivity index (χ1) is 5.97. The third-order valence-electron chi connectivity index (χ3n) is 3.23. The highest BCUT2D eigenvalue weighted by molar-refractivity contribution is 7.10. The molecular formula is C10H13ClOS. The smallest absolute Gasteiger partial charge is 0.103 e. The Morgan fingerprint density at radius 2 is 2.23 bits per heavy atom. The van der Waals surface area contributed by atoms with E-state index in [1.54, 1.807) is 11.3 Å². The van der Waals surface area contributed by atoms with Crippen LogP contribution < -0.4 is 0 Å². The standard InChI is InChI=1S/C10H13ClOS/c1-9(4-5-9)10(2,12)8-7(11)3-6-13-8/h3,6,12H,4-5H2,1-2H3. The zero-order valence-electron chi connectivity index (χ0n) is 7.80. The molecule has 1 unspecified atom stereocenters. The van der Waals surface area contributed by atoms with E-state index in [-0.39, 0.29) is 5.41 Å². The molecule has 0 aromatic carbocycles. The van der Waals surface area contributed by atoms with Crippen LogP contribution in [0, 0.1) is 5.41 Å². The molecule has 1 heterocycles. The van der Waals surface area contributed by atoms with Crippen molar-refractivity contribution in [2.45, 2.75) is 32.3 Å². The fraction of sp³-hybridized carbons (Fsp3) is 0.600. The minimum absolute atomic E-state index is 0.0431. The van der Waals surface area contributed by atoms with E-state index >= 15 is 0 Å². The Bertz CT molecular complexity index is 325. The lowest BCUT2D eigenvalue weighted by molar-refractivity contribution is -0.00905. The van der Waals surface area contributed by atoms with Gasteiger partial charge in [-0.05, 0) is 31.2 Å². The lowest BCUT2D eigenvalue weighted by Crippen LogP contribution is -2.30. The van der Waals surface area contributed by atoms with Crippen molar-refractivity contribution in [3.8, 4) is 0 Å². The highest BCUT2D eigenvalue weighted by atomic mass is 35.5.